The van der Waals surface area contributed by atoms with E-state index < -0.39 is 0 Å². The molecule has 2 rings (SSSR count). The van der Waals surface area contributed by atoms with Crippen molar-refractivity contribution < 1.29 is 4.74 Å². The Kier molecular flexibility index (Phi) is 6.07. The molecule has 0 saturated carbocycles. The van der Waals surface area contributed by atoms with Gasteiger partial charge < -0.3 is 9.64 Å². The summed E-state index contributed by atoms with van der Waals surface area (Å²) in [7, 11) is 0. The van der Waals surface area contributed by atoms with Crippen molar-refractivity contribution in [2.45, 2.75) is 19.3 Å². The molecule has 0 atom stereocenters. The van der Waals surface area contributed by atoms with Crippen LogP contribution in [0, 0.1) is 11.8 Å². The first kappa shape index (κ1) is 14.2. The van der Waals surface area contributed by atoms with Gasteiger partial charge in [0.05, 0.1) is 12.5 Å². The first-order valence-corrected chi connectivity index (χ1v) is 7.42. The Labute approximate surface area is 120 Å². The highest BCUT2D eigenvalue weighted by atomic mass is 35.5. The van der Waals surface area contributed by atoms with Gasteiger partial charge in [-0.3, -0.25) is 0 Å². The molecule has 102 valence electrons. The van der Waals surface area contributed by atoms with Crippen molar-refractivity contribution in [3.05, 3.63) is 29.8 Å². The predicted octanol–water partition coefficient (Wildman–Crippen LogP) is 3.14. The van der Waals surface area contributed by atoms with Crippen molar-refractivity contribution >= 4 is 11.6 Å². The zero-order valence-electron chi connectivity index (χ0n) is 11.2. The minimum atomic E-state index is 0.362. The second-order valence-corrected chi connectivity index (χ2v) is 4.98. The van der Waals surface area contributed by atoms with E-state index in [1.165, 1.54) is 25.9 Å². The molecule has 0 bridgehead atoms. The van der Waals surface area contributed by atoms with Crippen molar-refractivity contribution in [1.82, 2.24) is 4.90 Å². The number of benzene rings is 1. The van der Waals surface area contributed by atoms with E-state index in [0.717, 1.165) is 30.9 Å². The molecule has 0 aliphatic carbocycles. The van der Waals surface area contributed by atoms with E-state index in [4.69, 9.17) is 16.3 Å². The van der Waals surface area contributed by atoms with Crippen LogP contribution in [-0.2, 0) is 0 Å². The van der Waals surface area contributed by atoms with Gasteiger partial charge in [0.25, 0.3) is 0 Å². The Morgan fingerprint density at radius 3 is 2.89 bits per heavy atom. The van der Waals surface area contributed by atoms with E-state index in [1.807, 2.05) is 24.3 Å². The molecule has 1 aliphatic rings. The van der Waals surface area contributed by atoms with E-state index in [-0.39, 0.29) is 0 Å². The lowest BCUT2D eigenvalue weighted by Crippen LogP contribution is -2.21. The van der Waals surface area contributed by atoms with Gasteiger partial charge in [0, 0.05) is 12.1 Å². The fraction of sp³-hybridized carbons (Fsp3) is 0.500. The van der Waals surface area contributed by atoms with E-state index >= 15 is 0 Å². The van der Waals surface area contributed by atoms with Crippen molar-refractivity contribution in [2.24, 2.45) is 0 Å². The van der Waals surface area contributed by atoms with Crippen molar-refractivity contribution in [2.75, 3.05) is 32.1 Å². The normalized spacial score (nSPS) is 15.0. The minimum Gasteiger partial charge on any atom is -0.494 e. The lowest BCUT2D eigenvalue weighted by molar-refractivity contribution is 0.263. The largest absolute Gasteiger partial charge is 0.494 e. The molecule has 3 heteroatoms. The third-order valence-electron chi connectivity index (χ3n) is 3.22. The fourth-order valence-electron chi connectivity index (χ4n) is 2.28. The summed E-state index contributed by atoms with van der Waals surface area (Å²) in [4.78, 5) is 2.51. The molecule has 1 aliphatic heterocycles. The average molecular weight is 278 g/mol. The summed E-state index contributed by atoms with van der Waals surface area (Å²) in [6.45, 7) is 4.42. The SMILES string of the molecule is ClCC#Cc1cccc(OCCCN2CCCC2)c1. The van der Waals surface area contributed by atoms with E-state index in [2.05, 4.69) is 16.7 Å². The van der Waals surface area contributed by atoms with Crippen LogP contribution < -0.4 is 4.74 Å². The molecule has 2 nitrogen and oxygen atoms in total. The molecule has 1 aromatic rings. The number of alkyl halides is 1. The van der Waals surface area contributed by atoms with Crippen molar-refractivity contribution in [3.63, 3.8) is 0 Å². The maximum atomic E-state index is 5.76. The summed E-state index contributed by atoms with van der Waals surface area (Å²) in [6.07, 6.45) is 3.78. The van der Waals surface area contributed by atoms with E-state index in [1.54, 1.807) is 0 Å². The first-order chi connectivity index (χ1) is 9.38. The topological polar surface area (TPSA) is 12.5 Å². The molecule has 19 heavy (non-hydrogen) atoms. The van der Waals surface area contributed by atoms with Gasteiger partial charge >= 0.3 is 0 Å². The second kappa shape index (κ2) is 8.09. The Bertz CT molecular complexity index is 444. The molecule has 0 unspecified atom stereocenters. The predicted molar refractivity (Wildman–Crippen MR) is 79.8 cm³/mol. The number of ether oxygens (including phenoxy) is 1. The molecular weight excluding hydrogens is 258 g/mol. The summed E-state index contributed by atoms with van der Waals surface area (Å²) in [5.74, 6) is 7.10. The van der Waals surface area contributed by atoms with Gasteiger partial charge in [-0.2, -0.15) is 0 Å². The number of hydrogen-bond donors (Lipinski definition) is 0. The summed E-state index contributed by atoms with van der Waals surface area (Å²) >= 11 is 5.55. The molecule has 1 saturated heterocycles. The highest BCUT2D eigenvalue weighted by molar-refractivity contribution is 6.19. The van der Waals surface area contributed by atoms with Gasteiger partial charge in [-0.25, -0.2) is 0 Å². The average Bonchev–Trinajstić information content (AvgIpc) is 2.95. The smallest absolute Gasteiger partial charge is 0.120 e. The maximum Gasteiger partial charge on any atom is 0.120 e. The number of likely N-dealkylation sites (tertiary alicyclic amines) is 1. The summed E-state index contributed by atoms with van der Waals surface area (Å²) < 4.78 is 5.76. The van der Waals surface area contributed by atoms with Crippen molar-refractivity contribution in [1.29, 1.82) is 0 Å². The van der Waals surface area contributed by atoms with Crippen molar-refractivity contribution in [3.8, 4) is 17.6 Å². The van der Waals surface area contributed by atoms with Crippen LogP contribution in [0.25, 0.3) is 0 Å². The molecule has 0 spiro atoms. The standard InChI is InChI=1S/C16H20ClNO/c17-9-4-7-15-6-3-8-16(14-15)19-13-5-12-18-10-1-2-11-18/h3,6,8,14H,1-2,5,9-13H2. The Morgan fingerprint density at radius 2 is 2.11 bits per heavy atom. The van der Waals surface area contributed by atoms with Gasteiger partial charge in [-0.1, -0.05) is 17.9 Å². The molecule has 0 amide bonds. The minimum absolute atomic E-state index is 0.362. The number of nitrogens with zero attached hydrogens (tertiary/aromatic N) is 1. The van der Waals surface area contributed by atoms with Crippen LogP contribution in [0.3, 0.4) is 0 Å². The first-order valence-electron chi connectivity index (χ1n) is 6.88. The Morgan fingerprint density at radius 1 is 1.26 bits per heavy atom. The van der Waals surface area contributed by atoms with Crippen LogP contribution in [0.2, 0.25) is 0 Å². The monoisotopic (exact) mass is 277 g/mol. The number of rotatable bonds is 5. The van der Waals surface area contributed by atoms with Gasteiger partial charge in [-0.05, 0) is 50.6 Å². The lowest BCUT2D eigenvalue weighted by atomic mass is 10.2. The van der Waals surface area contributed by atoms with Crippen LogP contribution in [0.15, 0.2) is 24.3 Å². The summed E-state index contributed by atoms with van der Waals surface area (Å²) in [6, 6.07) is 7.88. The van der Waals surface area contributed by atoms with Gasteiger partial charge in [0.2, 0.25) is 0 Å². The van der Waals surface area contributed by atoms with Crippen LogP contribution in [0.5, 0.6) is 5.75 Å². The molecule has 1 heterocycles. The zero-order valence-corrected chi connectivity index (χ0v) is 12.0. The molecule has 1 fully saturated rings. The molecular formula is C16H20ClNO. The highest BCUT2D eigenvalue weighted by Gasteiger charge is 2.10. The molecule has 0 aromatic heterocycles. The van der Waals surface area contributed by atoms with Crippen LogP contribution in [-0.4, -0.2) is 37.0 Å². The molecule has 1 aromatic carbocycles. The molecule has 0 N–H and O–H groups in total. The van der Waals surface area contributed by atoms with Gasteiger partial charge in [0.1, 0.15) is 5.75 Å². The maximum absolute atomic E-state index is 5.76. The zero-order chi connectivity index (χ0) is 13.3. The van der Waals surface area contributed by atoms with Crippen LogP contribution >= 0.6 is 11.6 Å². The molecule has 0 radical (unpaired) electrons. The van der Waals surface area contributed by atoms with Gasteiger partial charge in [-0.15, -0.1) is 11.6 Å². The fourth-order valence-corrected chi connectivity index (χ4v) is 2.35. The van der Waals surface area contributed by atoms with E-state index in [0.29, 0.717) is 5.88 Å². The van der Waals surface area contributed by atoms with E-state index in [9.17, 15) is 0 Å². The quantitative estimate of drug-likeness (QED) is 0.466. The number of halogens is 1. The summed E-state index contributed by atoms with van der Waals surface area (Å²) in [5.41, 5.74) is 0.956. The number of hydrogen-bond acceptors (Lipinski definition) is 2. The van der Waals surface area contributed by atoms with Gasteiger partial charge in [0.15, 0.2) is 0 Å². The highest BCUT2D eigenvalue weighted by Crippen LogP contribution is 2.13. The van der Waals surface area contributed by atoms with Crippen LogP contribution in [0.4, 0.5) is 0 Å². The van der Waals surface area contributed by atoms with Crippen LogP contribution in [0.1, 0.15) is 24.8 Å². The lowest BCUT2D eigenvalue weighted by Gasteiger charge is -2.14. The Hall–Kier alpha value is -1.17. The summed E-state index contributed by atoms with van der Waals surface area (Å²) in [5, 5.41) is 0. The third-order valence-corrected chi connectivity index (χ3v) is 3.35. The third kappa shape index (κ3) is 5.14. The second-order valence-electron chi connectivity index (χ2n) is 4.71. The Balaban J connectivity index is 1.72.